The fraction of sp³-hybridized carbons (Fsp3) is 0.125. The molecule has 3 aromatic rings. The van der Waals surface area contributed by atoms with Gasteiger partial charge in [0.25, 0.3) is 0 Å². The van der Waals surface area contributed by atoms with E-state index in [1.807, 2.05) is 36.4 Å². The van der Waals surface area contributed by atoms with Gasteiger partial charge in [0, 0.05) is 10.5 Å². The van der Waals surface area contributed by atoms with Crippen LogP contribution < -0.4 is 4.74 Å². The van der Waals surface area contributed by atoms with Crippen LogP contribution >= 0.6 is 11.8 Å². The maximum atomic E-state index is 9.25. The molecule has 0 unspecified atom stereocenters. The summed E-state index contributed by atoms with van der Waals surface area (Å²) in [6.07, 6.45) is 0. The van der Waals surface area contributed by atoms with Crippen LogP contribution in [0.4, 0.5) is 0 Å². The number of aromatic hydroxyl groups is 1. The van der Waals surface area contributed by atoms with E-state index in [1.54, 1.807) is 31.0 Å². The first-order valence-electron chi connectivity index (χ1n) is 6.63. The van der Waals surface area contributed by atoms with Gasteiger partial charge in [0.15, 0.2) is 0 Å². The Kier molecular flexibility index (Phi) is 4.29. The van der Waals surface area contributed by atoms with E-state index < -0.39 is 0 Å². The zero-order chi connectivity index (χ0) is 15.4. The predicted octanol–water partition coefficient (Wildman–Crippen LogP) is 3.74. The number of aromatic nitrogens is 2. The zero-order valence-electron chi connectivity index (χ0n) is 11.9. The van der Waals surface area contributed by atoms with Crippen molar-refractivity contribution in [3.05, 3.63) is 54.4 Å². The van der Waals surface area contributed by atoms with Crippen molar-refractivity contribution in [3.8, 4) is 22.9 Å². The normalized spacial score (nSPS) is 10.6. The second kappa shape index (κ2) is 6.53. The van der Waals surface area contributed by atoms with Crippen LogP contribution in [0.25, 0.3) is 11.4 Å². The van der Waals surface area contributed by atoms with Crippen LogP contribution in [0.1, 0.15) is 5.89 Å². The highest BCUT2D eigenvalue weighted by Gasteiger charge is 2.09. The third-order valence-corrected chi connectivity index (χ3v) is 4.01. The number of phenols is 1. The van der Waals surface area contributed by atoms with E-state index in [9.17, 15) is 5.11 Å². The Morgan fingerprint density at radius 3 is 2.50 bits per heavy atom. The molecule has 2 aromatic carbocycles. The summed E-state index contributed by atoms with van der Waals surface area (Å²) in [4.78, 5) is 5.41. The second-order valence-electron chi connectivity index (χ2n) is 4.52. The van der Waals surface area contributed by atoms with Crippen molar-refractivity contribution in [2.45, 2.75) is 10.6 Å². The molecule has 0 amide bonds. The van der Waals surface area contributed by atoms with Gasteiger partial charge in [-0.15, -0.1) is 11.8 Å². The summed E-state index contributed by atoms with van der Waals surface area (Å²) in [6, 6.07) is 14.5. The van der Waals surface area contributed by atoms with Crippen LogP contribution in [0.3, 0.4) is 0 Å². The Labute approximate surface area is 131 Å². The standard InChI is InChI=1S/C16H14N2O3S/c1-20-13-6-2-11(3-7-13)16-17-15(21-18-16)10-22-14-8-4-12(19)5-9-14/h2-9,19H,10H2,1H3. The zero-order valence-corrected chi connectivity index (χ0v) is 12.7. The molecule has 112 valence electrons. The van der Waals surface area contributed by atoms with Crippen LogP contribution in [0.15, 0.2) is 57.9 Å². The lowest BCUT2D eigenvalue weighted by molar-refractivity contribution is 0.391. The number of benzene rings is 2. The lowest BCUT2D eigenvalue weighted by Gasteiger charge is -1.99. The molecule has 6 heteroatoms. The van der Waals surface area contributed by atoms with Crippen molar-refractivity contribution in [2.24, 2.45) is 0 Å². The van der Waals surface area contributed by atoms with E-state index in [-0.39, 0.29) is 5.75 Å². The minimum absolute atomic E-state index is 0.254. The number of methoxy groups -OCH3 is 1. The molecule has 0 aliphatic carbocycles. The SMILES string of the molecule is COc1ccc(-c2noc(CSc3ccc(O)cc3)n2)cc1. The largest absolute Gasteiger partial charge is 0.508 e. The molecule has 5 nitrogen and oxygen atoms in total. The third-order valence-electron chi connectivity index (χ3n) is 3.02. The lowest BCUT2D eigenvalue weighted by Crippen LogP contribution is -1.85. The van der Waals surface area contributed by atoms with Gasteiger partial charge in [-0.25, -0.2) is 0 Å². The first kappa shape index (κ1) is 14.5. The number of rotatable bonds is 5. The van der Waals surface area contributed by atoms with Crippen molar-refractivity contribution in [1.82, 2.24) is 10.1 Å². The fourth-order valence-electron chi connectivity index (χ4n) is 1.86. The Bertz CT molecular complexity index is 739. The quantitative estimate of drug-likeness (QED) is 0.723. The van der Waals surface area contributed by atoms with Crippen LogP contribution in [0.2, 0.25) is 0 Å². The molecule has 1 aromatic heterocycles. The molecule has 0 saturated carbocycles. The van der Waals surface area contributed by atoms with Crippen molar-refractivity contribution >= 4 is 11.8 Å². The van der Waals surface area contributed by atoms with Gasteiger partial charge < -0.3 is 14.4 Å². The summed E-state index contributed by atoms with van der Waals surface area (Å²) >= 11 is 1.57. The lowest BCUT2D eigenvalue weighted by atomic mass is 10.2. The number of hydrogen-bond donors (Lipinski definition) is 1. The molecule has 22 heavy (non-hydrogen) atoms. The molecule has 0 atom stereocenters. The molecule has 0 radical (unpaired) electrons. The number of ether oxygens (including phenoxy) is 1. The number of phenolic OH excluding ortho intramolecular Hbond substituents is 1. The number of nitrogens with zero attached hydrogens (tertiary/aromatic N) is 2. The molecule has 0 aliphatic rings. The van der Waals surface area contributed by atoms with E-state index in [2.05, 4.69) is 10.1 Å². The number of hydrogen-bond acceptors (Lipinski definition) is 6. The van der Waals surface area contributed by atoms with Crippen LogP contribution in [-0.2, 0) is 5.75 Å². The van der Waals surface area contributed by atoms with E-state index in [0.717, 1.165) is 16.2 Å². The van der Waals surface area contributed by atoms with Gasteiger partial charge in [0.2, 0.25) is 11.7 Å². The maximum Gasteiger partial charge on any atom is 0.237 e. The van der Waals surface area contributed by atoms with Crippen molar-refractivity contribution in [1.29, 1.82) is 0 Å². The molecule has 0 fully saturated rings. The maximum absolute atomic E-state index is 9.25. The molecule has 1 heterocycles. The van der Waals surface area contributed by atoms with Gasteiger partial charge >= 0.3 is 0 Å². The topological polar surface area (TPSA) is 68.4 Å². The summed E-state index contributed by atoms with van der Waals surface area (Å²) in [5.74, 6) is 2.74. The van der Waals surface area contributed by atoms with Gasteiger partial charge in [0.05, 0.1) is 12.9 Å². The fourth-order valence-corrected chi connectivity index (χ4v) is 2.59. The average molecular weight is 314 g/mol. The molecule has 1 N–H and O–H groups in total. The molecular formula is C16H14N2O3S. The smallest absolute Gasteiger partial charge is 0.237 e. The predicted molar refractivity (Wildman–Crippen MR) is 84.0 cm³/mol. The Morgan fingerprint density at radius 1 is 1.09 bits per heavy atom. The third kappa shape index (κ3) is 3.40. The minimum atomic E-state index is 0.254. The molecule has 3 rings (SSSR count). The monoisotopic (exact) mass is 314 g/mol. The van der Waals surface area contributed by atoms with E-state index in [0.29, 0.717) is 17.5 Å². The molecule has 0 spiro atoms. The van der Waals surface area contributed by atoms with Crippen molar-refractivity contribution < 1.29 is 14.4 Å². The summed E-state index contributed by atoms with van der Waals surface area (Å²) < 4.78 is 10.4. The Hall–Kier alpha value is -2.47. The Balaban J connectivity index is 1.66. The van der Waals surface area contributed by atoms with Gasteiger partial charge in [0.1, 0.15) is 11.5 Å². The molecule has 0 bridgehead atoms. The van der Waals surface area contributed by atoms with Gasteiger partial charge in [-0.3, -0.25) is 0 Å². The highest BCUT2D eigenvalue weighted by molar-refractivity contribution is 7.98. The summed E-state index contributed by atoms with van der Waals surface area (Å²) in [5.41, 5.74) is 0.880. The summed E-state index contributed by atoms with van der Waals surface area (Å²) in [7, 11) is 1.63. The first-order chi connectivity index (χ1) is 10.7. The van der Waals surface area contributed by atoms with Crippen molar-refractivity contribution in [2.75, 3.05) is 7.11 Å². The second-order valence-corrected chi connectivity index (χ2v) is 5.57. The van der Waals surface area contributed by atoms with E-state index >= 15 is 0 Å². The summed E-state index contributed by atoms with van der Waals surface area (Å²) in [5, 5.41) is 13.2. The molecule has 0 aliphatic heterocycles. The van der Waals surface area contributed by atoms with Crippen LogP contribution in [0.5, 0.6) is 11.5 Å². The highest BCUT2D eigenvalue weighted by atomic mass is 32.2. The number of thioether (sulfide) groups is 1. The molecular weight excluding hydrogens is 300 g/mol. The van der Waals surface area contributed by atoms with Crippen LogP contribution in [0, 0.1) is 0 Å². The van der Waals surface area contributed by atoms with Gasteiger partial charge in [-0.1, -0.05) is 5.16 Å². The highest BCUT2D eigenvalue weighted by Crippen LogP contribution is 2.25. The summed E-state index contributed by atoms with van der Waals surface area (Å²) in [6.45, 7) is 0. The van der Waals surface area contributed by atoms with Gasteiger partial charge in [-0.2, -0.15) is 4.98 Å². The average Bonchev–Trinajstić information content (AvgIpc) is 3.03. The van der Waals surface area contributed by atoms with Crippen LogP contribution in [-0.4, -0.2) is 22.4 Å². The van der Waals surface area contributed by atoms with Gasteiger partial charge in [-0.05, 0) is 48.5 Å². The Morgan fingerprint density at radius 2 is 1.82 bits per heavy atom. The first-order valence-corrected chi connectivity index (χ1v) is 7.62. The van der Waals surface area contributed by atoms with Crippen molar-refractivity contribution in [3.63, 3.8) is 0 Å². The van der Waals surface area contributed by atoms with E-state index in [1.165, 1.54) is 0 Å². The molecule has 0 saturated heterocycles. The minimum Gasteiger partial charge on any atom is -0.508 e. The van der Waals surface area contributed by atoms with E-state index in [4.69, 9.17) is 9.26 Å².